The third kappa shape index (κ3) is 4.14. The van der Waals surface area contributed by atoms with Crippen molar-refractivity contribution >= 4 is 22.6 Å². The number of nitrogens with one attached hydrogen (secondary N) is 1. The lowest BCUT2D eigenvalue weighted by molar-refractivity contribution is -0.119. The van der Waals surface area contributed by atoms with Crippen molar-refractivity contribution in [2.75, 3.05) is 25.0 Å². The van der Waals surface area contributed by atoms with Gasteiger partial charge in [0.05, 0.1) is 6.54 Å². The molecule has 0 radical (unpaired) electrons. The number of anilines is 1. The molecule has 0 spiro atoms. The molecule has 1 aliphatic heterocycles. The summed E-state index contributed by atoms with van der Waals surface area (Å²) in [6, 6.07) is 0.403. The molecule has 1 fully saturated rings. The second-order valence-electron chi connectivity index (χ2n) is 6.33. The van der Waals surface area contributed by atoms with E-state index in [4.69, 9.17) is 5.73 Å². The fourth-order valence-corrected chi connectivity index (χ4v) is 3.05. The van der Waals surface area contributed by atoms with E-state index in [2.05, 4.69) is 40.3 Å². The molecule has 3 N–H and O–H groups in total. The van der Waals surface area contributed by atoms with Crippen molar-refractivity contribution in [2.24, 2.45) is 5.73 Å². The Morgan fingerprint density at radius 2 is 2.10 bits per heavy atom. The highest BCUT2D eigenvalue weighted by molar-refractivity contribution is 7.09. The molecule has 2 heterocycles. The zero-order valence-corrected chi connectivity index (χ0v) is 13.2. The van der Waals surface area contributed by atoms with Gasteiger partial charge in [0.25, 0.3) is 0 Å². The number of carbonyl (C=O) groups is 1. The van der Waals surface area contributed by atoms with E-state index in [9.17, 15) is 4.79 Å². The van der Waals surface area contributed by atoms with Crippen LogP contribution in [-0.2, 0) is 10.2 Å². The molecule has 1 amide bonds. The average molecular weight is 297 g/mol. The first-order valence-corrected chi connectivity index (χ1v) is 7.73. The highest BCUT2D eigenvalue weighted by Crippen LogP contribution is 2.24. The molecule has 1 saturated heterocycles. The van der Waals surface area contributed by atoms with E-state index in [0.29, 0.717) is 12.6 Å². The van der Waals surface area contributed by atoms with Crippen LogP contribution >= 0.6 is 11.5 Å². The standard InChI is InChI=1S/C13H23N5OS/c1-13(2,3)11-16-12(20-17-11)15-9-4-6-18(7-5-9)8-10(14)19/h9H,4-8H2,1-3H3,(H2,14,19)(H,15,16,17). The van der Waals surface area contributed by atoms with Crippen LogP contribution < -0.4 is 11.1 Å². The Morgan fingerprint density at radius 3 is 2.60 bits per heavy atom. The van der Waals surface area contributed by atoms with Crippen LogP contribution in [0.2, 0.25) is 0 Å². The molecule has 2 rings (SSSR count). The average Bonchev–Trinajstić information content (AvgIpc) is 2.79. The Hall–Kier alpha value is -1.21. The summed E-state index contributed by atoms with van der Waals surface area (Å²) >= 11 is 1.42. The van der Waals surface area contributed by atoms with E-state index in [-0.39, 0.29) is 11.3 Å². The Bertz CT molecular complexity index is 460. The molecule has 0 bridgehead atoms. The molecule has 112 valence electrons. The van der Waals surface area contributed by atoms with Crippen molar-refractivity contribution in [3.8, 4) is 0 Å². The van der Waals surface area contributed by atoms with Crippen LogP contribution in [0.1, 0.15) is 39.4 Å². The number of carbonyl (C=O) groups excluding carboxylic acids is 1. The monoisotopic (exact) mass is 297 g/mol. The third-order valence-electron chi connectivity index (χ3n) is 3.39. The number of amides is 1. The van der Waals surface area contributed by atoms with Gasteiger partial charge in [-0.3, -0.25) is 9.69 Å². The number of hydrogen-bond donors (Lipinski definition) is 2. The zero-order valence-electron chi connectivity index (χ0n) is 12.3. The molecule has 6 nitrogen and oxygen atoms in total. The Balaban J connectivity index is 1.84. The van der Waals surface area contributed by atoms with Gasteiger partial charge in [-0.25, -0.2) is 4.98 Å². The Labute approximate surface area is 123 Å². The van der Waals surface area contributed by atoms with Crippen LogP contribution in [0, 0.1) is 0 Å². The van der Waals surface area contributed by atoms with Gasteiger partial charge in [-0.15, -0.1) is 0 Å². The highest BCUT2D eigenvalue weighted by Gasteiger charge is 2.23. The first-order chi connectivity index (χ1) is 9.34. The topological polar surface area (TPSA) is 84.1 Å². The highest BCUT2D eigenvalue weighted by atomic mass is 32.1. The van der Waals surface area contributed by atoms with Gasteiger partial charge in [0.2, 0.25) is 11.0 Å². The first-order valence-electron chi connectivity index (χ1n) is 6.96. The third-order valence-corrected chi connectivity index (χ3v) is 4.04. The van der Waals surface area contributed by atoms with E-state index in [1.807, 2.05) is 0 Å². The second-order valence-corrected chi connectivity index (χ2v) is 7.09. The summed E-state index contributed by atoms with van der Waals surface area (Å²) in [7, 11) is 0. The summed E-state index contributed by atoms with van der Waals surface area (Å²) in [5, 5.41) is 4.34. The fourth-order valence-electron chi connectivity index (χ4n) is 2.22. The smallest absolute Gasteiger partial charge is 0.231 e. The molecule has 0 aliphatic carbocycles. The molecule has 0 aromatic carbocycles. The number of primary amides is 1. The zero-order chi connectivity index (χ0) is 14.8. The van der Waals surface area contributed by atoms with Crippen molar-refractivity contribution in [3.63, 3.8) is 0 Å². The number of hydrogen-bond acceptors (Lipinski definition) is 6. The molecule has 1 aromatic heterocycles. The van der Waals surface area contributed by atoms with Gasteiger partial charge in [0.15, 0.2) is 0 Å². The number of piperidine rings is 1. The van der Waals surface area contributed by atoms with E-state index in [0.717, 1.165) is 36.9 Å². The van der Waals surface area contributed by atoms with E-state index in [1.165, 1.54) is 11.5 Å². The van der Waals surface area contributed by atoms with Crippen molar-refractivity contribution in [1.82, 2.24) is 14.3 Å². The van der Waals surface area contributed by atoms with Crippen molar-refractivity contribution < 1.29 is 4.79 Å². The molecular formula is C13H23N5OS. The largest absolute Gasteiger partial charge is 0.369 e. The summed E-state index contributed by atoms with van der Waals surface area (Å²) in [4.78, 5) is 17.5. The Kier molecular flexibility index (Phi) is 4.59. The lowest BCUT2D eigenvalue weighted by atomic mass is 9.96. The predicted molar refractivity (Wildman–Crippen MR) is 80.9 cm³/mol. The number of rotatable bonds is 4. The summed E-state index contributed by atoms with van der Waals surface area (Å²) in [6.07, 6.45) is 2.00. The van der Waals surface area contributed by atoms with E-state index >= 15 is 0 Å². The van der Waals surface area contributed by atoms with Gasteiger partial charge < -0.3 is 11.1 Å². The molecule has 0 atom stereocenters. The van der Waals surface area contributed by atoms with Crippen LogP contribution in [-0.4, -0.2) is 45.8 Å². The molecule has 1 aliphatic rings. The van der Waals surface area contributed by atoms with Gasteiger partial charge >= 0.3 is 0 Å². The minimum atomic E-state index is -0.254. The van der Waals surface area contributed by atoms with Crippen LogP contribution in [0.25, 0.3) is 0 Å². The van der Waals surface area contributed by atoms with E-state index in [1.54, 1.807) is 0 Å². The Morgan fingerprint density at radius 1 is 1.45 bits per heavy atom. The maximum Gasteiger partial charge on any atom is 0.231 e. The number of nitrogens with zero attached hydrogens (tertiary/aromatic N) is 3. The summed E-state index contributed by atoms with van der Waals surface area (Å²) in [6.45, 7) is 8.49. The predicted octanol–water partition coefficient (Wildman–Crippen LogP) is 1.20. The van der Waals surface area contributed by atoms with Crippen LogP contribution in [0.4, 0.5) is 5.13 Å². The molecule has 0 unspecified atom stereocenters. The summed E-state index contributed by atoms with van der Waals surface area (Å²) in [5.41, 5.74) is 5.20. The quantitative estimate of drug-likeness (QED) is 0.872. The van der Waals surface area contributed by atoms with Gasteiger partial charge in [-0.1, -0.05) is 20.8 Å². The van der Waals surface area contributed by atoms with Crippen molar-refractivity contribution in [3.05, 3.63) is 5.82 Å². The minimum Gasteiger partial charge on any atom is -0.369 e. The van der Waals surface area contributed by atoms with Gasteiger partial charge in [-0.05, 0) is 12.8 Å². The molecular weight excluding hydrogens is 274 g/mol. The van der Waals surface area contributed by atoms with Gasteiger partial charge in [0.1, 0.15) is 5.82 Å². The minimum absolute atomic E-state index is 0.0126. The lowest BCUT2D eigenvalue weighted by Gasteiger charge is -2.31. The normalized spacial score (nSPS) is 18.1. The SMILES string of the molecule is CC(C)(C)c1nsc(NC2CCN(CC(N)=O)CC2)n1. The number of nitrogens with two attached hydrogens (primary N) is 1. The van der Waals surface area contributed by atoms with Gasteiger partial charge in [-0.2, -0.15) is 4.37 Å². The number of likely N-dealkylation sites (tertiary alicyclic amines) is 1. The van der Waals surface area contributed by atoms with Crippen molar-refractivity contribution in [1.29, 1.82) is 0 Å². The maximum atomic E-state index is 10.9. The maximum absolute atomic E-state index is 10.9. The molecule has 0 saturated carbocycles. The summed E-state index contributed by atoms with van der Waals surface area (Å²) in [5.74, 6) is 0.631. The first kappa shape index (κ1) is 15.2. The second kappa shape index (κ2) is 6.05. The summed E-state index contributed by atoms with van der Waals surface area (Å²) < 4.78 is 4.40. The molecule has 20 heavy (non-hydrogen) atoms. The fraction of sp³-hybridized carbons (Fsp3) is 0.769. The van der Waals surface area contributed by atoms with Gasteiger partial charge in [0, 0.05) is 36.1 Å². The van der Waals surface area contributed by atoms with Crippen LogP contribution in [0.15, 0.2) is 0 Å². The van der Waals surface area contributed by atoms with Crippen LogP contribution in [0.5, 0.6) is 0 Å². The number of aromatic nitrogens is 2. The van der Waals surface area contributed by atoms with Crippen LogP contribution in [0.3, 0.4) is 0 Å². The van der Waals surface area contributed by atoms with Crippen molar-refractivity contribution in [2.45, 2.75) is 45.1 Å². The molecule has 1 aromatic rings. The lowest BCUT2D eigenvalue weighted by Crippen LogP contribution is -2.42. The van der Waals surface area contributed by atoms with E-state index < -0.39 is 0 Å². The molecule has 7 heteroatoms.